The number of hydrogen-bond donors (Lipinski definition) is 2. The van der Waals surface area contributed by atoms with Gasteiger partial charge in [-0.05, 0) is 6.07 Å². The number of carbonyl (C=O) groups excluding carboxylic acids is 1. The number of carboxylic acid groups (broad SMARTS) is 1. The summed E-state index contributed by atoms with van der Waals surface area (Å²) < 4.78 is 13.6. The number of amides is 1. The normalized spacial score (nSPS) is 9.95. The quantitative estimate of drug-likeness (QED) is 0.614. The molecule has 0 unspecified atom stereocenters. The number of likely N-dealkylation sites (N-methyl/N-ethyl adjacent to an activating group) is 1. The Morgan fingerprint density at radius 1 is 1.45 bits per heavy atom. The zero-order valence-electron chi connectivity index (χ0n) is 10.7. The van der Waals surface area contributed by atoms with Crippen molar-refractivity contribution in [2.24, 2.45) is 0 Å². The molecule has 0 saturated heterocycles. The second kappa shape index (κ2) is 5.95. The summed E-state index contributed by atoms with van der Waals surface area (Å²) in [6.45, 7) is -0.263. The molecule has 20 heavy (non-hydrogen) atoms. The second-order valence-electron chi connectivity index (χ2n) is 4.05. The number of nitrogens with one attached hydrogen (secondary N) is 1. The summed E-state index contributed by atoms with van der Waals surface area (Å²) in [6.07, 6.45) is 0. The number of anilines is 1. The van der Waals surface area contributed by atoms with Crippen LogP contribution in [0.5, 0.6) is 0 Å². The van der Waals surface area contributed by atoms with E-state index in [2.05, 4.69) is 5.32 Å². The summed E-state index contributed by atoms with van der Waals surface area (Å²) in [7, 11) is 3.00. The van der Waals surface area contributed by atoms with Crippen LogP contribution in [0.2, 0.25) is 0 Å². The van der Waals surface area contributed by atoms with Gasteiger partial charge in [0.25, 0.3) is 5.69 Å². The van der Waals surface area contributed by atoms with Crippen LogP contribution in [0.1, 0.15) is 10.4 Å². The van der Waals surface area contributed by atoms with E-state index in [4.69, 9.17) is 5.11 Å². The van der Waals surface area contributed by atoms with E-state index in [0.717, 1.165) is 6.07 Å². The predicted octanol–water partition coefficient (Wildman–Crippen LogP) is 0.932. The van der Waals surface area contributed by atoms with Gasteiger partial charge in [-0.1, -0.05) is 0 Å². The first-order chi connectivity index (χ1) is 9.23. The van der Waals surface area contributed by atoms with Crippen molar-refractivity contribution in [3.8, 4) is 0 Å². The van der Waals surface area contributed by atoms with Crippen LogP contribution >= 0.6 is 0 Å². The summed E-state index contributed by atoms with van der Waals surface area (Å²) in [5.41, 5.74) is -1.79. The average molecular weight is 285 g/mol. The van der Waals surface area contributed by atoms with Crippen molar-refractivity contribution >= 4 is 23.3 Å². The first-order valence-electron chi connectivity index (χ1n) is 5.39. The van der Waals surface area contributed by atoms with Crippen LogP contribution < -0.4 is 5.32 Å². The highest BCUT2D eigenvalue weighted by molar-refractivity contribution is 5.94. The number of rotatable bonds is 5. The third kappa shape index (κ3) is 3.40. The lowest BCUT2D eigenvalue weighted by molar-refractivity contribution is -0.385. The van der Waals surface area contributed by atoms with Gasteiger partial charge in [0.05, 0.1) is 23.2 Å². The fourth-order valence-corrected chi connectivity index (χ4v) is 1.35. The number of aromatic carboxylic acids is 1. The Bertz CT molecular complexity index is 573. The van der Waals surface area contributed by atoms with E-state index in [0.29, 0.717) is 6.07 Å². The Morgan fingerprint density at radius 3 is 2.50 bits per heavy atom. The van der Waals surface area contributed by atoms with Gasteiger partial charge >= 0.3 is 5.97 Å². The van der Waals surface area contributed by atoms with Crippen LogP contribution in [0.3, 0.4) is 0 Å². The molecule has 0 spiro atoms. The first kappa shape index (κ1) is 15.3. The highest BCUT2D eigenvalue weighted by Crippen LogP contribution is 2.26. The molecule has 0 bridgehead atoms. The zero-order chi connectivity index (χ0) is 15.4. The van der Waals surface area contributed by atoms with Crippen LogP contribution in [-0.4, -0.2) is 47.4 Å². The number of nitro benzene ring substituents is 1. The van der Waals surface area contributed by atoms with Gasteiger partial charge in [0.15, 0.2) is 5.82 Å². The van der Waals surface area contributed by atoms with Crippen molar-refractivity contribution in [2.75, 3.05) is 26.0 Å². The lowest BCUT2D eigenvalue weighted by Crippen LogP contribution is -2.28. The topological polar surface area (TPSA) is 113 Å². The molecule has 1 aromatic carbocycles. The zero-order valence-corrected chi connectivity index (χ0v) is 10.7. The molecular formula is C11H12FN3O5. The van der Waals surface area contributed by atoms with Crippen LogP contribution in [0, 0.1) is 15.9 Å². The number of nitrogens with zero attached hydrogens (tertiary/aromatic N) is 2. The standard InChI is InChI=1S/C11H12FN3O5/c1-14(2)10(16)5-13-8-3-6(11(17)18)9(15(19)20)4-7(8)12/h3-4,13H,5H2,1-2H3,(H,17,18). The molecule has 1 aromatic rings. The number of carboxylic acids is 1. The van der Waals surface area contributed by atoms with E-state index in [9.17, 15) is 24.1 Å². The predicted molar refractivity (Wildman–Crippen MR) is 67.2 cm³/mol. The molecule has 0 saturated carbocycles. The van der Waals surface area contributed by atoms with Gasteiger partial charge in [-0.3, -0.25) is 14.9 Å². The maximum Gasteiger partial charge on any atom is 0.342 e. The highest BCUT2D eigenvalue weighted by atomic mass is 19.1. The van der Waals surface area contributed by atoms with Crippen molar-refractivity contribution in [1.82, 2.24) is 4.90 Å². The largest absolute Gasteiger partial charge is 0.477 e. The summed E-state index contributed by atoms with van der Waals surface area (Å²) in [4.78, 5) is 33.2. The SMILES string of the molecule is CN(C)C(=O)CNc1cc(C(=O)O)c([N+](=O)[O-])cc1F. The maximum atomic E-state index is 13.6. The van der Waals surface area contributed by atoms with Crippen LogP contribution in [0.4, 0.5) is 15.8 Å². The minimum absolute atomic E-state index is 0.263. The average Bonchev–Trinajstić information content (AvgIpc) is 2.35. The number of benzene rings is 1. The van der Waals surface area contributed by atoms with Crippen LogP contribution in [0.25, 0.3) is 0 Å². The number of halogens is 1. The molecule has 8 nitrogen and oxygen atoms in total. The number of hydrogen-bond acceptors (Lipinski definition) is 5. The van der Waals surface area contributed by atoms with Crippen molar-refractivity contribution in [2.45, 2.75) is 0 Å². The van der Waals surface area contributed by atoms with Gasteiger partial charge in [-0.2, -0.15) is 0 Å². The van der Waals surface area contributed by atoms with E-state index in [1.807, 2.05) is 0 Å². The Balaban J connectivity index is 3.10. The maximum absolute atomic E-state index is 13.6. The number of nitro groups is 1. The van der Waals surface area contributed by atoms with Crippen molar-refractivity contribution in [3.05, 3.63) is 33.6 Å². The van der Waals surface area contributed by atoms with Crippen molar-refractivity contribution in [3.63, 3.8) is 0 Å². The number of carbonyl (C=O) groups is 2. The molecule has 1 amide bonds. The van der Waals surface area contributed by atoms with E-state index in [1.165, 1.54) is 19.0 Å². The van der Waals surface area contributed by atoms with Gasteiger partial charge < -0.3 is 15.3 Å². The lowest BCUT2D eigenvalue weighted by Gasteiger charge is -2.12. The van der Waals surface area contributed by atoms with Crippen LogP contribution in [-0.2, 0) is 4.79 Å². The third-order valence-corrected chi connectivity index (χ3v) is 2.44. The molecule has 2 N–H and O–H groups in total. The fraction of sp³-hybridized carbons (Fsp3) is 0.273. The molecule has 108 valence electrons. The summed E-state index contributed by atoms with van der Waals surface area (Å²) in [6, 6.07) is 1.30. The van der Waals surface area contributed by atoms with Gasteiger partial charge in [0, 0.05) is 14.1 Å². The summed E-state index contributed by atoms with van der Waals surface area (Å²) in [5, 5.41) is 21.9. The molecule has 0 aliphatic heterocycles. The summed E-state index contributed by atoms with van der Waals surface area (Å²) >= 11 is 0. The second-order valence-corrected chi connectivity index (χ2v) is 4.05. The first-order valence-corrected chi connectivity index (χ1v) is 5.39. The highest BCUT2D eigenvalue weighted by Gasteiger charge is 2.23. The van der Waals surface area contributed by atoms with E-state index >= 15 is 0 Å². The smallest absolute Gasteiger partial charge is 0.342 e. The third-order valence-electron chi connectivity index (χ3n) is 2.44. The molecule has 0 radical (unpaired) electrons. The molecule has 1 rings (SSSR count). The van der Waals surface area contributed by atoms with Crippen molar-refractivity contribution in [1.29, 1.82) is 0 Å². The fourth-order valence-electron chi connectivity index (χ4n) is 1.35. The summed E-state index contributed by atoms with van der Waals surface area (Å²) in [5.74, 6) is -2.92. The molecule has 0 aliphatic carbocycles. The van der Waals surface area contributed by atoms with Gasteiger partial charge in [0.2, 0.25) is 5.91 Å². The Labute approximate surface area is 113 Å². The Hall–Kier alpha value is -2.71. The molecular weight excluding hydrogens is 273 g/mol. The molecule has 0 atom stereocenters. The van der Waals surface area contributed by atoms with Crippen LogP contribution in [0.15, 0.2) is 12.1 Å². The molecule has 0 aromatic heterocycles. The lowest BCUT2D eigenvalue weighted by atomic mass is 10.1. The van der Waals surface area contributed by atoms with E-state index in [-0.39, 0.29) is 18.1 Å². The molecule has 0 fully saturated rings. The minimum Gasteiger partial charge on any atom is -0.477 e. The Morgan fingerprint density at radius 2 is 2.05 bits per heavy atom. The molecule has 9 heteroatoms. The van der Waals surface area contributed by atoms with E-state index in [1.54, 1.807) is 0 Å². The monoisotopic (exact) mass is 285 g/mol. The van der Waals surface area contributed by atoms with Crippen molar-refractivity contribution < 1.29 is 24.0 Å². The van der Waals surface area contributed by atoms with Gasteiger partial charge in [-0.25, -0.2) is 9.18 Å². The van der Waals surface area contributed by atoms with Gasteiger partial charge in [-0.15, -0.1) is 0 Å². The minimum atomic E-state index is -1.56. The Kier molecular flexibility index (Phi) is 4.57. The van der Waals surface area contributed by atoms with Gasteiger partial charge in [0.1, 0.15) is 5.56 Å². The molecule has 0 heterocycles. The van der Waals surface area contributed by atoms with E-state index < -0.39 is 28.0 Å². The molecule has 0 aliphatic rings.